The summed E-state index contributed by atoms with van der Waals surface area (Å²) in [6.07, 6.45) is 2.05. The maximum absolute atomic E-state index is 11.3. The molecule has 1 heterocycles. The summed E-state index contributed by atoms with van der Waals surface area (Å²) in [5.41, 5.74) is 0. The van der Waals surface area contributed by atoms with E-state index < -0.39 is 11.8 Å². The number of carbonyl (C=O) groups is 2. The fraction of sp³-hybridized carbons (Fsp3) is 0.800. The quantitative estimate of drug-likeness (QED) is 0.640. The van der Waals surface area contributed by atoms with Crippen molar-refractivity contribution in [2.45, 2.75) is 38.8 Å². The molecule has 0 unspecified atom stereocenters. The average molecular weight is 214 g/mol. The summed E-state index contributed by atoms with van der Waals surface area (Å²) < 4.78 is 5.32. The minimum Gasteiger partial charge on any atom is -0.376 e. The van der Waals surface area contributed by atoms with Crippen LogP contribution < -0.4 is 10.6 Å². The zero-order valence-electron chi connectivity index (χ0n) is 9.21. The Labute approximate surface area is 89.6 Å². The van der Waals surface area contributed by atoms with Crippen LogP contribution in [-0.4, -0.2) is 37.1 Å². The van der Waals surface area contributed by atoms with Crippen LogP contribution in [0.1, 0.15) is 26.7 Å². The predicted octanol–water partition coefficient (Wildman–Crippen LogP) is -0.194. The number of carbonyl (C=O) groups excluding carboxylic acids is 2. The van der Waals surface area contributed by atoms with Gasteiger partial charge in [0.15, 0.2) is 0 Å². The Morgan fingerprint density at radius 1 is 1.40 bits per heavy atom. The zero-order valence-corrected chi connectivity index (χ0v) is 9.21. The lowest BCUT2D eigenvalue weighted by molar-refractivity contribution is -0.139. The molecule has 1 saturated heterocycles. The van der Waals surface area contributed by atoms with Gasteiger partial charge in [-0.3, -0.25) is 9.59 Å². The average Bonchev–Trinajstić information content (AvgIpc) is 2.65. The second-order valence-electron chi connectivity index (χ2n) is 3.97. The summed E-state index contributed by atoms with van der Waals surface area (Å²) in [5.74, 6) is -1.16. The van der Waals surface area contributed by atoms with Gasteiger partial charge in [-0.05, 0) is 26.7 Å². The Balaban J connectivity index is 2.19. The number of hydrogen-bond donors (Lipinski definition) is 2. The third kappa shape index (κ3) is 4.29. The largest absolute Gasteiger partial charge is 0.376 e. The van der Waals surface area contributed by atoms with Crippen LogP contribution in [0, 0.1) is 0 Å². The summed E-state index contributed by atoms with van der Waals surface area (Å²) in [7, 11) is 0. The van der Waals surface area contributed by atoms with Crippen molar-refractivity contribution in [1.82, 2.24) is 10.6 Å². The highest BCUT2D eigenvalue weighted by Crippen LogP contribution is 2.10. The van der Waals surface area contributed by atoms with E-state index in [-0.39, 0.29) is 12.1 Å². The van der Waals surface area contributed by atoms with Gasteiger partial charge in [0.25, 0.3) is 0 Å². The molecular weight excluding hydrogens is 196 g/mol. The Morgan fingerprint density at radius 3 is 2.67 bits per heavy atom. The second-order valence-corrected chi connectivity index (χ2v) is 3.97. The topological polar surface area (TPSA) is 67.4 Å². The van der Waals surface area contributed by atoms with Crippen LogP contribution in [0.15, 0.2) is 0 Å². The van der Waals surface area contributed by atoms with E-state index in [0.717, 1.165) is 19.4 Å². The molecule has 0 spiro atoms. The van der Waals surface area contributed by atoms with Gasteiger partial charge in [-0.15, -0.1) is 0 Å². The molecule has 1 fully saturated rings. The van der Waals surface area contributed by atoms with Crippen LogP contribution in [0.4, 0.5) is 0 Å². The van der Waals surface area contributed by atoms with Crippen molar-refractivity contribution in [2.24, 2.45) is 0 Å². The molecule has 2 amide bonds. The van der Waals surface area contributed by atoms with Crippen molar-refractivity contribution in [2.75, 3.05) is 13.2 Å². The summed E-state index contributed by atoms with van der Waals surface area (Å²) in [4.78, 5) is 22.5. The molecule has 0 saturated carbocycles. The fourth-order valence-electron chi connectivity index (χ4n) is 1.42. The predicted molar refractivity (Wildman–Crippen MR) is 55.3 cm³/mol. The lowest BCUT2D eigenvalue weighted by atomic mass is 10.2. The van der Waals surface area contributed by atoms with E-state index in [4.69, 9.17) is 4.74 Å². The second kappa shape index (κ2) is 5.70. The minimum atomic E-state index is -0.584. The highest BCUT2D eigenvalue weighted by molar-refractivity contribution is 6.35. The van der Waals surface area contributed by atoms with Crippen LogP contribution in [0.3, 0.4) is 0 Å². The summed E-state index contributed by atoms with van der Waals surface area (Å²) in [5, 5.41) is 5.08. The molecular formula is C10H18N2O3. The van der Waals surface area contributed by atoms with Gasteiger partial charge in [0, 0.05) is 19.2 Å². The standard InChI is InChI=1S/C10H18N2O3/c1-7(2)12-10(14)9(13)11-6-8-4-3-5-15-8/h7-8H,3-6H2,1-2H3,(H,11,13)(H,12,14)/t8-/m1/s1. The van der Waals surface area contributed by atoms with Crippen molar-refractivity contribution >= 4 is 11.8 Å². The van der Waals surface area contributed by atoms with Gasteiger partial charge < -0.3 is 15.4 Å². The molecule has 1 aliphatic heterocycles. The zero-order chi connectivity index (χ0) is 11.3. The molecule has 0 bridgehead atoms. The first kappa shape index (κ1) is 12.0. The molecule has 86 valence electrons. The van der Waals surface area contributed by atoms with E-state index in [2.05, 4.69) is 10.6 Å². The van der Waals surface area contributed by atoms with Crippen LogP contribution in [0.2, 0.25) is 0 Å². The number of amides is 2. The van der Waals surface area contributed by atoms with Gasteiger partial charge in [0.1, 0.15) is 0 Å². The lowest BCUT2D eigenvalue weighted by Crippen LogP contribution is -2.44. The molecule has 1 rings (SSSR count). The van der Waals surface area contributed by atoms with Crippen LogP contribution in [0.25, 0.3) is 0 Å². The molecule has 1 atom stereocenters. The SMILES string of the molecule is CC(C)NC(=O)C(=O)NC[C@H]1CCCO1. The van der Waals surface area contributed by atoms with Gasteiger partial charge in [-0.25, -0.2) is 0 Å². The van der Waals surface area contributed by atoms with E-state index in [1.165, 1.54) is 0 Å². The Morgan fingerprint density at radius 2 is 2.13 bits per heavy atom. The fourth-order valence-corrected chi connectivity index (χ4v) is 1.42. The minimum absolute atomic E-state index is 0.0222. The Kier molecular flexibility index (Phi) is 4.55. The Bertz CT molecular complexity index is 235. The molecule has 15 heavy (non-hydrogen) atoms. The van der Waals surface area contributed by atoms with Gasteiger partial charge in [0.05, 0.1) is 6.10 Å². The number of ether oxygens (including phenoxy) is 1. The molecule has 0 aromatic heterocycles. The van der Waals surface area contributed by atoms with Crippen molar-refractivity contribution < 1.29 is 14.3 Å². The van der Waals surface area contributed by atoms with Gasteiger partial charge in [-0.2, -0.15) is 0 Å². The third-order valence-electron chi connectivity index (χ3n) is 2.14. The molecule has 0 aliphatic carbocycles. The van der Waals surface area contributed by atoms with E-state index in [9.17, 15) is 9.59 Å². The smallest absolute Gasteiger partial charge is 0.309 e. The van der Waals surface area contributed by atoms with Crippen molar-refractivity contribution in [3.05, 3.63) is 0 Å². The molecule has 0 aromatic rings. The summed E-state index contributed by atoms with van der Waals surface area (Å²) in [6.45, 7) is 4.79. The normalized spacial score (nSPS) is 20.3. The van der Waals surface area contributed by atoms with E-state index in [1.807, 2.05) is 13.8 Å². The van der Waals surface area contributed by atoms with Crippen molar-refractivity contribution in [1.29, 1.82) is 0 Å². The molecule has 5 heteroatoms. The number of nitrogens with one attached hydrogen (secondary N) is 2. The monoisotopic (exact) mass is 214 g/mol. The lowest BCUT2D eigenvalue weighted by Gasteiger charge is -2.11. The number of hydrogen-bond acceptors (Lipinski definition) is 3. The third-order valence-corrected chi connectivity index (χ3v) is 2.14. The van der Waals surface area contributed by atoms with E-state index in [1.54, 1.807) is 0 Å². The number of rotatable bonds is 3. The van der Waals surface area contributed by atoms with Crippen molar-refractivity contribution in [3.63, 3.8) is 0 Å². The highest BCUT2D eigenvalue weighted by Gasteiger charge is 2.19. The summed E-state index contributed by atoms with van der Waals surface area (Å²) in [6, 6.07) is -0.0222. The molecule has 2 N–H and O–H groups in total. The van der Waals surface area contributed by atoms with E-state index in [0.29, 0.717) is 6.54 Å². The Hall–Kier alpha value is -1.10. The highest BCUT2D eigenvalue weighted by atomic mass is 16.5. The molecule has 0 aromatic carbocycles. The maximum Gasteiger partial charge on any atom is 0.309 e. The van der Waals surface area contributed by atoms with Crippen LogP contribution in [-0.2, 0) is 14.3 Å². The van der Waals surface area contributed by atoms with Gasteiger partial charge >= 0.3 is 11.8 Å². The van der Waals surface area contributed by atoms with E-state index >= 15 is 0 Å². The molecule has 1 aliphatic rings. The van der Waals surface area contributed by atoms with Gasteiger partial charge in [-0.1, -0.05) is 0 Å². The maximum atomic E-state index is 11.3. The first-order valence-electron chi connectivity index (χ1n) is 5.30. The summed E-state index contributed by atoms with van der Waals surface area (Å²) >= 11 is 0. The van der Waals surface area contributed by atoms with Crippen molar-refractivity contribution in [3.8, 4) is 0 Å². The first-order valence-corrected chi connectivity index (χ1v) is 5.30. The molecule has 5 nitrogen and oxygen atoms in total. The van der Waals surface area contributed by atoms with Crippen LogP contribution in [0.5, 0.6) is 0 Å². The van der Waals surface area contributed by atoms with Gasteiger partial charge in [0.2, 0.25) is 0 Å². The molecule has 0 radical (unpaired) electrons. The van der Waals surface area contributed by atoms with Crippen LogP contribution >= 0.6 is 0 Å². The first-order chi connectivity index (χ1) is 7.09.